The first kappa shape index (κ1) is 10.7. The number of piperazine rings is 1. The van der Waals surface area contributed by atoms with Crippen LogP contribution in [0.3, 0.4) is 0 Å². The minimum absolute atomic E-state index is 0.00135. The highest BCUT2D eigenvalue weighted by Crippen LogP contribution is 2.21. The summed E-state index contributed by atoms with van der Waals surface area (Å²) in [5.74, 6) is 0.615. The molecule has 2 aliphatic rings. The van der Waals surface area contributed by atoms with E-state index < -0.39 is 7.12 Å². The van der Waals surface area contributed by atoms with Gasteiger partial charge in [0.05, 0.1) is 13.2 Å². The Labute approximate surface area is 98.7 Å². The second-order valence-corrected chi connectivity index (χ2v) is 4.09. The first-order valence-corrected chi connectivity index (χ1v) is 5.56. The summed E-state index contributed by atoms with van der Waals surface area (Å²) in [6, 6.07) is 1.73. The summed E-state index contributed by atoms with van der Waals surface area (Å²) in [7, 11) is -0.898. The summed E-state index contributed by atoms with van der Waals surface area (Å²) >= 11 is 0. The third kappa shape index (κ3) is 1.72. The highest BCUT2D eigenvalue weighted by atomic mass is 16.5. The monoisotopic (exact) mass is 233 g/mol. The first-order chi connectivity index (χ1) is 8.27. The molecule has 1 fully saturated rings. The molecule has 0 spiro atoms. The van der Waals surface area contributed by atoms with Crippen molar-refractivity contribution in [3.8, 4) is 0 Å². The lowest BCUT2D eigenvalue weighted by Gasteiger charge is -2.27. The molecule has 2 N–H and O–H groups in total. The number of nitrogens with zero attached hydrogens (tertiary/aromatic N) is 2. The van der Waals surface area contributed by atoms with Crippen molar-refractivity contribution in [2.75, 3.05) is 24.5 Å². The van der Waals surface area contributed by atoms with Crippen molar-refractivity contribution in [2.24, 2.45) is 0 Å². The van der Waals surface area contributed by atoms with Gasteiger partial charge in [-0.15, -0.1) is 0 Å². The van der Waals surface area contributed by atoms with Crippen molar-refractivity contribution in [3.05, 3.63) is 17.8 Å². The van der Waals surface area contributed by atoms with E-state index in [0.29, 0.717) is 31.0 Å². The Bertz CT molecular complexity index is 468. The Hall–Kier alpha value is -1.44. The predicted molar refractivity (Wildman–Crippen MR) is 61.9 cm³/mol. The summed E-state index contributed by atoms with van der Waals surface area (Å²) in [4.78, 5) is 17.7. The molecule has 1 aromatic heterocycles. The minimum Gasteiger partial charge on any atom is -0.423 e. The number of aromatic nitrogens is 1. The van der Waals surface area contributed by atoms with Gasteiger partial charge in [0.25, 0.3) is 0 Å². The third-order valence-electron chi connectivity index (χ3n) is 3.07. The summed E-state index contributed by atoms with van der Waals surface area (Å²) in [5.41, 5.74) is 1.52. The maximum Gasteiger partial charge on any atom is 0.491 e. The van der Waals surface area contributed by atoms with E-state index in [9.17, 15) is 9.82 Å². The summed E-state index contributed by atoms with van der Waals surface area (Å²) in [6.45, 7) is 1.98. The van der Waals surface area contributed by atoms with E-state index in [1.165, 1.54) is 0 Å². The van der Waals surface area contributed by atoms with Gasteiger partial charge in [0.2, 0.25) is 5.91 Å². The molecular formula is C10H12BN3O3. The fourth-order valence-corrected chi connectivity index (χ4v) is 2.19. The number of hydrogen-bond acceptors (Lipinski definition) is 5. The number of pyridine rings is 1. The molecule has 0 unspecified atom stereocenters. The Morgan fingerprint density at radius 1 is 1.59 bits per heavy atom. The van der Waals surface area contributed by atoms with Gasteiger partial charge < -0.3 is 15.0 Å². The zero-order chi connectivity index (χ0) is 11.8. The number of fused-ring (bicyclic) bond motifs is 1. The molecule has 3 heterocycles. The van der Waals surface area contributed by atoms with Crippen LogP contribution >= 0.6 is 0 Å². The topological polar surface area (TPSA) is 74.7 Å². The Morgan fingerprint density at radius 2 is 2.47 bits per heavy atom. The summed E-state index contributed by atoms with van der Waals surface area (Å²) in [5, 5.41) is 12.6. The lowest BCUT2D eigenvalue weighted by molar-refractivity contribution is -0.118. The molecule has 0 radical (unpaired) electrons. The smallest absolute Gasteiger partial charge is 0.423 e. The van der Waals surface area contributed by atoms with Gasteiger partial charge in [0.1, 0.15) is 5.82 Å². The van der Waals surface area contributed by atoms with Crippen LogP contribution in [-0.4, -0.2) is 42.7 Å². The predicted octanol–water partition coefficient (Wildman–Crippen LogP) is -1.76. The van der Waals surface area contributed by atoms with E-state index in [0.717, 1.165) is 12.1 Å². The molecule has 0 bridgehead atoms. The van der Waals surface area contributed by atoms with E-state index in [1.54, 1.807) is 17.2 Å². The molecule has 3 rings (SSSR count). The van der Waals surface area contributed by atoms with Crippen LogP contribution in [0.15, 0.2) is 12.3 Å². The minimum atomic E-state index is -0.898. The van der Waals surface area contributed by atoms with Crippen LogP contribution in [-0.2, 0) is 16.1 Å². The zero-order valence-electron chi connectivity index (χ0n) is 9.22. The highest BCUT2D eigenvalue weighted by molar-refractivity contribution is 6.61. The van der Waals surface area contributed by atoms with Crippen molar-refractivity contribution in [1.82, 2.24) is 10.3 Å². The molecule has 0 saturated carbocycles. The molecule has 88 valence electrons. The molecule has 0 aliphatic carbocycles. The largest absolute Gasteiger partial charge is 0.491 e. The van der Waals surface area contributed by atoms with Crippen molar-refractivity contribution < 1.29 is 14.5 Å². The van der Waals surface area contributed by atoms with Gasteiger partial charge in [-0.3, -0.25) is 9.69 Å². The molecule has 1 aromatic rings. The van der Waals surface area contributed by atoms with E-state index in [1.807, 2.05) is 0 Å². The Morgan fingerprint density at radius 3 is 3.29 bits per heavy atom. The Kier molecular flexibility index (Phi) is 2.58. The first-order valence-electron chi connectivity index (χ1n) is 5.56. The molecule has 0 atom stereocenters. The van der Waals surface area contributed by atoms with Gasteiger partial charge in [0, 0.05) is 24.8 Å². The van der Waals surface area contributed by atoms with E-state index in [-0.39, 0.29) is 5.91 Å². The lowest BCUT2D eigenvalue weighted by atomic mass is 9.80. The number of hydrogen-bond donors (Lipinski definition) is 2. The van der Waals surface area contributed by atoms with Crippen LogP contribution in [0.25, 0.3) is 0 Å². The maximum atomic E-state index is 11.8. The standard InChI is InChI=1S/C10H12BN3O3/c15-9-5-12-3-4-14(9)10-7-6-17-11(16)8(7)1-2-13-10/h1-2,12,16H,3-6H2. The average molecular weight is 233 g/mol. The van der Waals surface area contributed by atoms with Crippen molar-refractivity contribution in [1.29, 1.82) is 0 Å². The molecule has 0 aromatic carbocycles. The molecule has 6 nitrogen and oxygen atoms in total. The van der Waals surface area contributed by atoms with Gasteiger partial charge in [0.15, 0.2) is 0 Å². The van der Waals surface area contributed by atoms with Gasteiger partial charge in [-0.05, 0) is 11.5 Å². The second-order valence-electron chi connectivity index (χ2n) is 4.09. The van der Waals surface area contributed by atoms with Crippen molar-refractivity contribution in [2.45, 2.75) is 6.61 Å². The molecule has 1 saturated heterocycles. The van der Waals surface area contributed by atoms with Crippen LogP contribution in [0.4, 0.5) is 5.82 Å². The molecule has 1 amide bonds. The summed E-state index contributed by atoms with van der Waals surface area (Å²) < 4.78 is 5.15. The number of anilines is 1. The van der Waals surface area contributed by atoms with Crippen LogP contribution in [0.5, 0.6) is 0 Å². The molecule has 2 aliphatic heterocycles. The number of carbonyl (C=O) groups is 1. The lowest BCUT2D eigenvalue weighted by Crippen LogP contribution is -2.49. The molecule has 7 heteroatoms. The number of amides is 1. The maximum absolute atomic E-state index is 11.8. The normalized spacial score (nSPS) is 19.7. The van der Waals surface area contributed by atoms with Gasteiger partial charge in [-0.1, -0.05) is 0 Å². The fraction of sp³-hybridized carbons (Fsp3) is 0.400. The van der Waals surface area contributed by atoms with Crippen molar-refractivity contribution >= 4 is 24.3 Å². The third-order valence-corrected chi connectivity index (χ3v) is 3.07. The average Bonchev–Trinajstić information content (AvgIpc) is 2.72. The van der Waals surface area contributed by atoms with E-state index >= 15 is 0 Å². The van der Waals surface area contributed by atoms with E-state index in [2.05, 4.69) is 10.3 Å². The van der Waals surface area contributed by atoms with Crippen LogP contribution in [0.2, 0.25) is 0 Å². The van der Waals surface area contributed by atoms with Gasteiger partial charge in [-0.25, -0.2) is 4.98 Å². The number of carbonyl (C=O) groups excluding carboxylic acids is 1. The highest BCUT2D eigenvalue weighted by Gasteiger charge is 2.33. The number of nitrogens with one attached hydrogen (secondary N) is 1. The molecule has 17 heavy (non-hydrogen) atoms. The van der Waals surface area contributed by atoms with Crippen molar-refractivity contribution in [3.63, 3.8) is 0 Å². The second kappa shape index (κ2) is 4.10. The van der Waals surface area contributed by atoms with Crippen LogP contribution in [0, 0.1) is 0 Å². The van der Waals surface area contributed by atoms with E-state index in [4.69, 9.17) is 4.65 Å². The van der Waals surface area contributed by atoms with Gasteiger partial charge in [-0.2, -0.15) is 0 Å². The Balaban J connectivity index is 2.01. The molecular weight excluding hydrogens is 221 g/mol. The SMILES string of the molecule is O=C1CNCCN1c1nccc2c1COB2O. The number of rotatable bonds is 1. The fourth-order valence-electron chi connectivity index (χ4n) is 2.19. The summed E-state index contributed by atoms with van der Waals surface area (Å²) in [6.07, 6.45) is 1.60. The quantitative estimate of drug-likeness (QED) is 0.562. The zero-order valence-corrected chi connectivity index (χ0v) is 9.22. The van der Waals surface area contributed by atoms with Gasteiger partial charge >= 0.3 is 7.12 Å². The van der Waals surface area contributed by atoms with Crippen LogP contribution < -0.4 is 15.7 Å². The van der Waals surface area contributed by atoms with Crippen LogP contribution in [0.1, 0.15) is 5.56 Å².